The van der Waals surface area contributed by atoms with Gasteiger partial charge in [-0.05, 0) is 47.7 Å². The molecule has 1 amide bonds. The van der Waals surface area contributed by atoms with Crippen molar-refractivity contribution >= 4 is 34.6 Å². The third-order valence-electron chi connectivity index (χ3n) is 3.35. The Labute approximate surface area is 144 Å². The normalized spacial score (nSPS) is 17.2. The summed E-state index contributed by atoms with van der Waals surface area (Å²) in [7, 11) is 3.23. The Balaban J connectivity index is 1.79. The minimum atomic E-state index is -0.155. The van der Waals surface area contributed by atoms with Crippen LogP contribution in [0.4, 0.5) is 5.69 Å². The van der Waals surface area contributed by atoms with Crippen molar-refractivity contribution in [3.8, 4) is 11.5 Å². The average Bonchev–Trinajstić information content (AvgIpc) is 2.95. The fourth-order valence-electron chi connectivity index (χ4n) is 2.13. The number of nitrogens with zero attached hydrogens (tertiary/aromatic N) is 1. The lowest BCUT2D eigenvalue weighted by Gasteiger charge is -2.00. The highest BCUT2D eigenvalue weighted by Gasteiger charge is 2.23. The van der Waals surface area contributed by atoms with Gasteiger partial charge < -0.3 is 14.8 Å². The fourth-order valence-corrected chi connectivity index (χ4v) is 2.97. The Morgan fingerprint density at radius 3 is 2.50 bits per heavy atom. The van der Waals surface area contributed by atoms with Gasteiger partial charge in [-0.25, -0.2) is 4.99 Å². The Kier molecular flexibility index (Phi) is 4.86. The molecule has 2 aromatic carbocycles. The molecule has 1 aliphatic heterocycles. The Hall–Kier alpha value is -2.73. The topological polar surface area (TPSA) is 59.9 Å². The second kappa shape index (κ2) is 7.23. The van der Waals surface area contributed by atoms with Gasteiger partial charge in [0, 0.05) is 6.07 Å². The van der Waals surface area contributed by atoms with Crippen LogP contribution in [0.15, 0.2) is 58.4 Å². The molecule has 0 aliphatic carbocycles. The fraction of sp³-hybridized carbons (Fsp3) is 0.111. The van der Waals surface area contributed by atoms with Crippen LogP contribution in [-0.4, -0.2) is 25.3 Å². The molecule has 24 heavy (non-hydrogen) atoms. The molecule has 0 radical (unpaired) electrons. The van der Waals surface area contributed by atoms with E-state index in [4.69, 9.17) is 9.47 Å². The van der Waals surface area contributed by atoms with Gasteiger partial charge >= 0.3 is 0 Å². The zero-order valence-corrected chi connectivity index (χ0v) is 14.1. The summed E-state index contributed by atoms with van der Waals surface area (Å²) in [5.74, 6) is 1.35. The molecule has 2 aromatic rings. The van der Waals surface area contributed by atoms with E-state index in [9.17, 15) is 4.79 Å². The van der Waals surface area contributed by atoms with Crippen LogP contribution in [0, 0.1) is 0 Å². The lowest BCUT2D eigenvalue weighted by molar-refractivity contribution is -0.115. The summed E-state index contributed by atoms with van der Waals surface area (Å²) in [6.07, 6.45) is 1.83. The van der Waals surface area contributed by atoms with Crippen molar-refractivity contribution in [2.75, 3.05) is 14.2 Å². The number of benzene rings is 2. The van der Waals surface area contributed by atoms with E-state index in [-0.39, 0.29) is 5.91 Å². The summed E-state index contributed by atoms with van der Waals surface area (Å²) in [4.78, 5) is 17.1. The predicted octanol–water partition coefficient (Wildman–Crippen LogP) is 3.60. The number of ether oxygens (including phenoxy) is 2. The van der Waals surface area contributed by atoms with Crippen LogP contribution in [0.25, 0.3) is 6.08 Å². The lowest BCUT2D eigenvalue weighted by Crippen LogP contribution is -2.19. The van der Waals surface area contributed by atoms with Crippen molar-refractivity contribution in [2.45, 2.75) is 0 Å². The first-order chi connectivity index (χ1) is 11.7. The van der Waals surface area contributed by atoms with Gasteiger partial charge in [0.2, 0.25) is 0 Å². The monoisotopic (exact) mass is 340 g/mol. The summed E-state index contributed by atoms with van der Waals surface area (Å²) in [6.45, 7) is 0. The molecule has 1 fully saturated rings. The Morgan fingerprint density at radius 1 is 1.04 bits per heavy atom. The zero-order chi connectivity index (χ0) is 16.9. The molecule has 1 aliphatic rings. The van der Waals surface area contributed by atoms with Gasteiger partial charge in [-0.3, -0.25) is 4.79 Å². The van der Waals surface area contributed by atoms with E-state index in [1.54, 1.807) is 14.2 Å². The highest BCUT2D eigenvalue weighted by Crippen LogP contribution is 2.29. The van der Waals surface area contributed by atoms with E-state index in [0.29, 0.717) is 10.1 Å². The second-order valence-electron chi connectivity index (χ2n) is 4.96. The molecule has 0 unspecified atom stereocenters. The van der Waals surface area contributed by atoms with Crippen LogP contribution < -0.4 is 14.8 Å². The molecule has 0 aromatic heterocycles. The first-order valence-electron chi connectivity index (χ1n) is 7.25. The van der Waals surface area contributed by atoms with Crippen LogP contribution in [0.2, 0.25) is 0 Å². The number of nitrogens with one attached hydrogen (secondary N) is 1. The van der Waals surface area contributed by atoms with E-state index in [0.717, 1.165) is 22.7 Å². The molecule has 0 spiro atoms. The zero-order valence-electron chi connectivity index (χ0n) is 13.3. The molecule has 5 nitrogen and oxygen atoms in total. The lowest BCUT2D eigenvalue weighted by atomic mass is 10.2. The Morgan fingerprint density at radius 2 is 1.79 bits per heavy atom. The number of thioether (sulfide) groups is 1. The first kappa shape index (κ1) is 16.1. The number of amidine groups is 1. The van der Waals surface area contributed by atoms with Gasteiger partial charge in [0.15, 0.2) is 5.17 Å². The quantitative estimate of drug-likeness (QED) is 0.864. The number of methoxy groups -OCH3 is 2. The molecule has 122 valence electrons. The van der Waals surface area contributed by atoms with E-state index < -0.39 is 0 Å². The number of amides is 1. The minimum Gasteiger partial charge on any atom is -0.497 e. The number of carbonyl (C=O) groups excluding carboxylic acids is 1. The van der Waals surface area contributed by atoms with Crippen LogP contribution in [-0.2, 0) is 4.79 Å². The maximum atomic E-state index is 12.1. The summed E-state index contributed by atoms with van der Waals surface area (Å²) < 4.78 is 10.3. The molecule has 1 N–H and O–H groups in total. The number of aliphatic imine (C=N–C) groups is 1. The van der Waals surface area contributed by atoms with Crippen LogP contribution in [0.3, 0.4) is 0 Å². The van der Waals surface area contributed by atoms with Gasteiger partial charge in [0.25, 0.3) is 5.91 Å². The summed E-state index contributed by atoms with van der Waals surface area (Å²) in [5.41, 5.74) is 1.65. The van der Waals surface area contributed by atoms with E-state index >= 15 is 0 Å². The third kappa shape index (κ3) is 3.78. The van der Waals surface area contributed by atoms with Crippen molar-refractivity contribution < 1.29 is 14.3 Å². The average molecular weight is 340 g/mol. The number of hydrogen-bond acceptors (Lipinski definition) is 5. The predicted molar refractivity (Wildman–Crippen MR) is 96.8 cm³/mol. The molecule has 1 saturated heterocycles. The largest absolute Gasteiger partial charge is 0.497 e. The van der Waals surface area contributed by atoms with Crippen LogP contribution in [0.1, 0.15) is 5.56 Å². The van der Waals surface area contributed by atoms with Crippen molar-refractivity contribution in [2.24, 2.45) is 4.99 Å². The smallest absolute Gasteiger partial charge is 0.264 e. The number of rotatable bonds is 4. The maximum Gasteiger partial charge on any atom is 0.264 e. The van der Waals surface area contributed by atoms with Gasteiger partial charge in [-0.15, -0.1) is 0 Å². The summed E-state index contributed by atoms with van der Waals surface area (Å²) in [5, 5.41) is 3.32. The van der Waals surface area contributed by atoms with Gasteiger partial charge in [-0.2, -0.15) is 0 Å². The minimum absolute atomic E-state index is 0.155. The van der Waals surface area contributed by atoms with E-state index in [1.165, 1.54) is 11.8 Å². The molecular formula is C18H16N2O3S. The maximum absolute atomic E-state index is 12.1. The number of hydrogen-bond donors (Lipinski definition) is 1. The van der Waals surface area contributed by atoms with Gasteiger partial charge in [0.05, 0.1) is 24.8 Å². The Bertz CT molecular complexity index is 813. The SMILES string of the molecule is COc1ccc(/C=C2\SC(=Nc3cccc(OC)c3)NC2=O)cc1. The van der Waals surface area contributed by atoms with Crippen molar-refractivity contribution in [3.63, 3.8) is 0 Å². The van der Waals surface area contributed by atoms with Gasteiger partial charge in [-0.1, -0.05) is 18.2 Å². The highest BCUT2D eigenvalue weighted by atomic mass is 32.2. The van der Waals surface area contributed by atoms with Crippen LogP contribution >= 0.6 is 11.8 Å². The number of carbonyl (C=O) groups is 1. The van der Waals surface area contributed by atoms with Crippen molar-refractivity contribution in [1.82, 2.24) is 5.32 Å². The summed E-state index contributed by atoms with van der Waals surface area (Å²) >= 11 is 1.31. The van der Waals surface area contributed by atoms with Crippen molar-refractivity contribution in [1.29, 1.82) is 0 Å². The molecule has 6 heteroatoms. The molecular weight excluding hydrogens is 324 g/mol. The standard InChI is InChI=1S/C18H16N2O3S/c1-22-14-8-6-12(7-9-14)10-16-17(21)20-18(24-16)19-13-4-3-5-15(11-13)23-2/h3-11H,1-2H3,(H,19,20,21)/b16-10-. The van der Waals surface area contributed by atoms with Crippen LogP contribution in [0.5, 0.6) is 11.5 Å². The first-order valence-corrected chi connectivity index (χ1v) is 8.07. The summed E-state index contributed by atoms with van der Waals surface area (Å²) in [6, 6.07) is 14.9. The highest BCUT2D eigenvalue weighted by molar-refractivity contribution is 8.18. The molecule has 0 saturated carbocycles. The molecule has 3 rings (SSSR count). The van der Waals surface area contributed by atoms with E-state index in [1.807, 2.05) is 54.6 Å². The van der Waals surface area contributed by atoms with Crippen molar-refractivity contribution in [3.05, 3.63) is 59.0 Å². The van der Waals surface area contributed by atoms with Gasteiger partial charge in [0.1, 0.15) is 11.5 Å². The third-order valence-corrected chi connectivity index (χ3v) is 4.26. The van der Waals surface area contributed by atoms with E-state index in [2.05, 4.69) is 10.3 Å². The molecule has 0 atom stereocenters. The molecule has 0 bridgehead atoms. The molecule has 1 heterocycles. The second-order valence-corrected chi connectivity index (χ2v) is 5.99.